The van der Waals surface area contributed by atoms with E-state index < -0.39 is 11.8 Å². The molecule has 2 aromatic carbocycles. The van der Waals surface area contributed by atoms with E-state index >= 15 is 0 Å². The number of amides is 1. The summed E-state index contributed by atoms with van der Waals surface area (Å²) in [7, 11) is 3.11. The first kappa shape index (κ1) is 23.7. The maximum atomic E-state index is 14.5. The zero-order valence-electron chi connectivity index (χ0n) is 18.4. The molecule has 176 valence electrons. The number of carbonyl (C=O) groups excluding carboxylic acids is 1. The van der Waals surface area contributed by atoms with E-state index in [1.807, 2.05) is 17.5 Å². The van der Waals surface area contributed by atoms with E-state index in [9.17, 15) is 23.1 Å². The third-order valence-corrected chi connectivity index (χ3v) is 6.50. The minimum Gasteiger partial charge on any atom is -0.372 e. The molecule has 0 aliphatic carbocycles. The van der Waals surface area contributed by atoms with Crippen molar-refractivity contribution in [2.45, 2.75) is 18.2 Å². The summed E-state index contributed by atoms with van der Waals surface area (Å²) in [6.45, 7) is 0. The van der Waals surface area contributed by atoms with Crippen molar-refractivity contribution in [3.63, 3.8) is 0 Å². The van der Waals surface area contributed by atoms with Crippen LogP contribution in [-0.2, 0) is 23.9 Å². The highest BCUT2D eigenvalue weighted by Crippen LogP contribution is 2.47. The van der Waals surface area contributed by atoms with E-state index in [1.165, 1.54) is 49.0 Å². The molecule has 0 bridgehead atoms. The van der Waals surface area contributed by atoms with Crippen molar-refractivity contribution in [2.75, 3.05) is 12.4 Å². The SMILES string of the molecule is CN=Cc1cc(C(O)(c2cn(C)c3ccccc23)C(F)(F)F)ccc1NC(=O)Cc1cccs1. The number of anilines is 1. The van der Waals surface area contributed by atoms with E-state index in [1.54, 1.807) is 35.9 Å². The third-order valence-electron chi connectivity index (χ3n) is 5.62. The number of aliphatic hydroxyl groups is 1. The lowest BCUT2D eigenvalue weighted by molar-refractivity contribution is -0.247. The van der Waals surface area contributed by atoms with Gasteiger partial charge in [-0.2, -0.15) is 13.2 Å². The van der Waals surface area contributed by atoms with E-state index in [4.69, 9.17) is 0 Å². The van der Waals surface area contributed by atoms with Crippen LogP contribution in [0.2, 0.25) is 0 Å². The Bertz CT molecular complexity index is 1360. The largest absolute Gasteiger partial charge is 0.425 e. The Morgan fingerprint density at radius 3 is 2.62 bits per heavy atom. The van der Waals surface area contributed by atoms with E-state index in [-0.39, 0.29) is 29.0 Å². The zero-order chi connectivity index (χ0) is 24.5. The van der Waals surface area contributed by atoms with Crippen LogP contribution in [0.15, 0.2) is 71.2 Å². The predicted octanol–water partition coefficient (Wildman–Crippen LogP) is 5.27. The smallest absolute Gasteiger partial charge is 0.372 e. The quantitative estimate of drug-likeness (QED) is 0.366. The first-order chi connectivity index (χ1) is 16.1. The number of nitrogens with zero attached hydrogens (tertiary/aromatic N) is 2. The highest BCUT2D eigenvalue weighted by Gasteiger charge is 2.57. The van der Waals surface area contributed by atoms with Gasteiger partial charge in [0.15, 0.2) is 0 Å². The topological polar surface area (TPSA) is 66.6 Å². The molecule has 0 aliphatic rings. The van der Waals surface area contributed by atoms with Crippen molar-refractivity contribution in [1.82, 2.24) is 4.57 Å². The monoisotopic (exact) mass is 485 g/mol. The highest BCUT2D eigenvalue weighted by atomic mass is 32.1. The summed E-state index contributed by atoms with van der Waals surface area (Å²) in [6, 6.07) is 14.0. The van der Waals surface area contributed by atoms with Gasteiger partial charge in [0, 0.05) is 59.1 Å². The van der Waals surface area contributed by atoms with Gasteiger partial charge in [-0.1, -0.05) is 30.3 Å². The molecule has 0 spiro atoms. The summed E-state index contributed by atoms with van der Waals surface area (Å²) < 4.78 is 45.0. The van der Waals surface area contributed by atoms with Crippen LogP contribution in [0.25, 0.3) is 10.9 Å². The molecular weight excluding hydrogens is 463 g/mol. The summed E-state index contributed by atoms with van der Waals surface area (Å²) in [5, 5.41) is 16.2. The summed E-state index contributed by atoms with van der Waals surface area (Å²) in [5.74, 6) is -0.305. The number of rotatable bonds is 6. The number of benzene rings is 2. The molecule has 5 nitrogen and oxygen atoms in total. The summed E-state index contributed by atoms with van der Waals surface area (Å²) in [6.07, 6.45) is -2.22. The van der Waals surface area contributed by atoms with Crippen molar-refractivity contribution in [2.24, 2.45) is 12.0 Å². The zero-order valence-corrected chi connectivity index (χ0v) is 19.2. The van der Waals surface area contributed by atoms with Gasteiger partial charge in [0.25, 0.3) is 0 Å². The van der Waals surface area contributed by atoms with Crippen LogP contribution in [0.5, 0.6) is 0 Å². The van der Waals surface area contributed by atoms with Gasteiger partial charge in [0.05, 0.1) is 6.42 Å². The Hall–Kier alpha value is -3.43. The molecule has 9 heteroatoms. The number of fused-ring (bicyclic) bond motifs is 1. The Balaban J connectivity index is 1.80. The molecule has 0 radical (unpaired) electrons. The molecule has 0 saturated carbocycles. The minimum atomic E-state index is -5.01. The number of aliphatic imine (C=N–C) groups is 1. The first-order valence-electron chi connectivity index (χ1n) is 10.4. The van der Waals surface area contributed by atoms with E-state index in [0.29, 0.717) is 16.6 Å². The lowest BCUT2D eigenvalue weighted by Gasteiger charge is -2.31. The molecule has 2 heterocycles. The molecule has 2 aromatic heterocycles. The number of para-hydroxylation sites is 1. The maximum absolute atomic E-state index is 14.5. The Morgan fingerprint density at radius 2 is 1.94 bits per heavy atom. The average molecular weight is 486 g/mol. The Kier molecular flexibility index (Phi) is 6.33. The number of carbonyl (C=O) groups is 1. The van der Waals surface area contributed by atoms with Crippen LogP contribution >= 0.6 is 11.3 Å². The molecule has 0 fully saturated rings. The molecule has 1 atom stereocenters. The number of aryl methyl sites for hydroxylation is 1. The predicted molar refractivity (Wildman–Crippen MR) is 129 cm³/mol. The molecule has 0 saturated heterocycles. The Morgan fingerprint density at radius 1 is 1.18 bits per heavy atom. The third kappa shape index (κ3) is 4.24. The lowest BCUT2D eigenvalue weighted by atomic mass is 9.84. The van der Waals surface area contributed by atoms with Gasteiger partial charge in [-0.3, -0.25) is 9.79 Å². The molecule has 0 aliphatic heterocycles. The molecule has 4 rings (SSSR count). The second-order valence-corrected chi connectivity index (χ2v) is 8.90. The lowest BCUT2D eigenvalue weighted by Crippen LogP contribution is -2.43. The highest BCUT2D eigenvalue weighted by molar-refractivity contribution is 7.10. The van der Waals surface area contributed by atoms with Crippen LogP contribution in [0.1, 0.15) is 21.6 Å². The van der Waals surface area contributed by atoms with Gasteiger partial charge in [-0.15, -0.1) is 11.3 Å². The number of hydrogen-bond donors (Lipinski definition) is 2. The molecule has 1 unspecified atom stereocenters. The fraction of sp³-hybridized carbons (Fsp3) is 0.200. The van der Waals surface area contributed by atoms with Crippen molar-refractivity contribution in [1.29, 1.82) is 0 Å². The van der Waals surface area contributed by atoms with Gasteiger partial charge in [0.1, 0.15) is 0 Å². The normalized spacial score (nSPS) is 13.9. The first-order valence-corrected chi connectivity index (χ1v) is 11.3. The average Bonchev–Trinajstić information content (AvgIpc) is 3.42. The van der Waals surface area contributed by atoms with Crippen LogP contribution in [0.4, 0.5) is 18.9 Å². The molecule has 2 N–H and O–H groups in total. The number of halogens is 3. The number of alkyl halides is 3. The summed E-state index contributed by atoms with van der Waals surface area (Å²) in [5.41, 5.74) is -2.80. The van der Waals surface area contributed by atoms with Gasteiger partial charge >= 0.3 is 6.18 Å². The van der Waals surface area contributed by atoms with E-state index in [2.05, 4.69) is 10.3 Å². The number of nitrogens with one attached hydrogen (secondary N) is 1. The van der Waals surface area contributed by atoms with Crippen LogP contribution in [0.3, 0.4) is 0 Å². The summed E-state index contributed by atoms with van der Waals surface area (Å²) in [4.78, 5) is 17.3. The number of aromatic nitrogens is 1. The second-order valence-electron chi connectivity index (χ2n) is 7.87. The van der Waals surface area contributed by atoms with Crippen LogP contribution in [0, 0.1) is 0 Å². The Labute approximate surface area is 198 Å². The second kappa shape index (κ2) is 9.08. The minimum absolute atomic E-state index is 0.143. The van der Waals surface area contributed by atoms with E-state index in [0.717, 1.165) is 4.88 Å². The van der Waals surface area contributed by atoms with Gasteiger partial charge in [-0.25, -0.2) is 0 Å². The number of hydrogen-bond acceptors (Lipinski definition) is 4. The van der Waals surface area contributed by atoms with Gasteiger partial charge < -0.3 is 15.0 Å². The summed E-state index contributed by atoms with van der Waals surface area (Å²) >= 11 is 1.44. The van der Waals surface area contributed by atoms with Crippen LogP contribution in [-0.4, -0.2) is 35.0 Å². The van der Waals surface area contributed by atoms with Gasteiger partial charge in [-0.05, 0) is 35.2 Å². The van der Waals surface area contributed by atoms with Crippen molar-refractivity contribution in [3.05, 3.63) is 87.7 Å². The standard InChI is InChI=1S/C25H22F3N3O2S/c1-29-14-16-12-17(9-10-21(16)30-23(32)13-18-6-5-11-34-18)24(33,25(26,27)28)20-15-31(2)22-8-4-3-7-19(20)22/h3-12,14-15,33H,13H2,1-2H3,(H,30,32). The van der Waals surface area contributed by atoms with Crippen LogP contribution < -0.4 is 5.32 Å². The molecule has 4 aromatic rings. The van der Waals surface area contributed by atoms with Crippen molar-refractivity contribution in [3.8, 4) is 0 Å². The van der Waals surface area contributed by atoms with Gasteiger partial charge in [0.2, 0.25) is 11.5 Å². The number of thiophene rings is 1. The maximum Gasteiger partial charge on any atom is 0.425 e. The molecule has 1 amide bonds. The molecule has 34 heavy (non-hydrogen) atoms. The van der Waals surface area contributed by atoms with Crippen molar-refractivity contribution < 1.29 is 23.1 Å². The van der Waals surface area contributed by atoms with Crippen molar-refractivity contribution >= 4 is 40.0 Å². The fourth-order valence-corrected chi connectivity index (χ4v) is 4.72. The fourth-order valence-electron chi connectivity index (χ4n) is 4.02. The molecular formula is C25H22F3N3O2S.